The molecular weight excluding hydrogens is 328 g/mol. The quantitative estimate of drug-likeness (QED) is 0.767. The first-order valence-electron chi connectivity index (χ1n) is 8.85. The van der Waals surface area contributed by atoms with Gasteiger partial charge in [-0.3, -0.25) is 4.79 Å². The highest BCUT2D eigenvalue weighted by molar-refractivity contribution is 5.91. The number of nitrogens with zero attached hydrogens (tertiary/aromatic N) is 5. The van der Waals surface area contributed by atoms with E-state index in [4.69, 9.17) is 0 Å². The van der Waals surface area contributed by atoms with Crippen molar-refractivity contribution >= 4 is 11.6 Å². The van der Waals surface area contributed by atoms with Crippen molar-refractivity contribution in [2.24, 2.45) is 5.92 Å². The van der Waals surface area contributed by atoms with Gasteiger partial charge in [0.2, 0.25) is 5.91 Å². The molecule has 1 saturated carbocycles. The highest BCUT2D eigenvalue weighted by Gasteiger charge is 2.31. The van der Waals surface area contributed by atoms with Gasteiger partial charge in [-0.25, -0.2) is 4.98 Å². The van der Waals surface area contributed by atoms with Crippen molar-refractivity contribution in [3.05, 3.63) is 54.6 Å². The highest BCUT2D eigenvalue weighted by atomic mass is 16.1. The van der Waals surface area contributed by atoms with E-state index < -0.39 is 0 Å². The summed E-state index contributed by atoms with van der Waals surface area (Å²) in [6.45, 7) is 4.04. The molecule has 2 heterocycles. The summed E-state index contributed by atoms with van der Waals surface area (Å²) in [5.74, 6) is 0.498. The van der Waals surface area contributed by atoms with Crippen LogP contribution < -0.4 is 5.32 Å². The van der Waals surface area contributed by atoms with Crippen LogP contribution in [0.3, 0.4) is 0 Å². The summed E-state index contributed by atoms with van der Waals surface area (Å²) >= 11 is 0. The van der Waals surface area contributed by atoms with Gasteiger partial charge in [-0.2, -0.15) is 0 Å². The van der Waals surface area contributed by atoms with Crippen LogP contribution in [0.15, 0.2) is 43.2 Å². The molecule has 0 saturated heterocycles. The first-order chi connectivity index (χ1) is 12.6. The zero-order valence-electron chi connectivity index (χ0n) is 15.0. The minimum absolute atomic E-state index is 0.0691. The Morgan fingerprint density at radius 1 is 1.12 bits per heavy atom. The lowest BCUT2D eigenvalue weighted by Gasteiger charge is -2.35. The molecular formula is C19H22N6O. The first-order valence-corrected chi connectivity index (χ1v) is 8.85. The van der Waals surface area contributed by atoms with Crippen molar-refractivity contribution < 1.29 is 4.79 Å². The summed E-state index contributed by atoms with van der Waals surface area (Å²) in [5, 5.41) is 10.7. The van der Waals surface area contributed by atoms with Gasteiger partial charge in [-0.1, -0.05) is 0 Å². The minimum atomic E-state index is 0.0691. The molecule has 7 nitrogen and oxygen atoms in total. The number of rotatable bonds is 5. The van der Waals surface area contributed by atoms with Crippen LogP contribution in [0.2, 0.25) is 0 Å². The van der Waals surface area contributed by atoms with E-state index >= 15 is 0 Å². The summed E-state index contributed by atoms with van der Waals surface area (Å²) in [6.07, 6.45) is 7.87. The lowest BCUT2D eigenvalue weighted by molar-refractivity contribution is -0.117. The second-order valence-electron chi connectivity index (χ2n) is 6.98. The molecule has 134 valence electrons. The first kappa shape index (κ1) is 16.5. The average molecular weight is 350 g/mol. The smallest absolute Gasteiger partial charge is 0.224 e. The molecule has 1 aromatic carbocycles. The van der Waals surface area contributed by atoms with Gasteiger partial charge in [0.1, 0.15) is 12.7 Å². The predicted molar refractivity (Wildman–Crippen MR) is 98.1 cm³/mol. The Labute approximate surface area is 152 Å². The molecule has 0 radical (unpaired) electrons. The van der Waals surface area contributed by atoms with Crippen molar-refractivity contribution in [3.63, 3.8) is 0 Å². The SMILES string of the molecule is Cc1ncn(-c2ccc(NC(=O)CC3CC(n4cnnc4)C3)cc2)c1C. The van der Waals surface area contributed by atoms with Crippen molar-refractivity contribution in [2.45, 2.75) is 39.2 Å². The molecule has 3 aromatic rings. The Kier molecular flexibility index (Phi) is 4.28. The van der Waals surface area contributed by atoms with Crippen LogP contribution in [0.5, 0.6) is 0 Å². The number of hydrogen-bond acceptors (Lipinski definition) is 4. The molecule has 1 aliphatic carbocycles. The number of carbonyl (C=O) groups is 1. The number of aryl methyl sites for hydroxylation is 1. The average Bonchev–Trinajstić information content (AvgIpc) is 3.23. The lowest BCUT2D eigenvalue weighted by Crippen LogP contribution is -2.29. The van der Waals surface area contributed by atoms with Gasteiger partial charge in [0.15, 0.2) is 0 Å². The van der Waals surface area contributed by atoms with Crippen LogP contribution >= 0.6 is 0 Å². The molecule has 0 unspecified atom stereocenters. The molecule has 1 N–H and O–H groups in total. The lowest BCUT2D eigenvalue weighted by atomic mass is 9.78. The topological polar surface area (TPSA) is 77.6 Å². The fourth-order valence-electron chi connectivity index (χ4n) is 3.45. The van der Waals surface area contributed by atoms with Gasteiger partial charge < -0.3 is 14.5 Å². The van der Waals surface area contributed by atoms with Crippen molar-refractivity contribution in [3.8, 4) is 5.69 Å². The third kappa shape index (κ3) is 3.24. The molecule has 0 spiro atoms. The van der Waals surface area contributed by atoms with E-state index in [0.29, 0.717) is 18.4 Å². The van der Waals surface area contributed by atoms with Gasteiger partial charge >= 0.3 is 0 Å². The second kappa shape index (κ2) is 6.74. The van der Waals surface area contributed by atoms with E-state index in [1.165, 1.54) is 0 Å². The largest absolute Gasteiger partial charge is 0.326 e. The molecule has 1 aliphatic rings. The number of hydrogen-bond donors (Lipinski definition) is 1. The molecule has 26 heavy (non-hydrogen) atoms. The Hall–Kier alpha value is -2.96. The molecule has 1 amide bonds. The van der Waals surface area contributed by atoms with Gasteiger partial charge in [0.05, 0.1) is 12.0 Å². The van der Waals surface area contributed by atoms with Gasteiger partial charge in [0, 0.05) is 29.5 Å². The number of benzene rings is 1. The monoisotopic (exact) mass is 350 g/mol. The Morgan fingerprint density at radius 3 is 2.42 bits per heavy atom. The van der Waals surface area contributed by atoms with Crippen molar-refractivity contribution in [1.82, 2.24) is 24.3 Å². The van der Waals surface area contributed by atoms with Crippen molar-refractivity contribution in [2.75, 3.05) is 5.32 Å². The molecule has 0 aliphatic heterocycles. The molecule has 7 heteroatoms. The molecule has 2 aromatic heterocycles. The number of imidazole rings is 1. The summed E-state index contributed by atoms with van der Waals surface area (Å²) in [5.41, 5.74) is 4.00. The fourth-order valence-corrected chi connectivity index (χ4v) is 3.45. The van der Waals surface area contributed by atoms with Gasteiger partial charge in [0.25, 0.3) is 0 Å². The van der Waals surface area contributed by atoms with E-state index in [0.717, 1.165) is 35.6 Å². The minimum Gasteiger partial charge on any atom is -0.326 e. The summed E-state index contributed by atoms with van der Waals surface area (Å²) in [7, 11) is 0. The highest BCUT2D eigenvalue weighted by Crippen LogP contribution is 2.39. The number of nitrogens with one attached hydrogen (secondary N) is 1. The zero-order chi connectivity index (χ0) is 18.1. The Morgan fingerprint density at radius 2 is 1.81 bits per heavy atom. The van der Waals surface area contributed by atoms with Crippen LogP contribution in [0, 0.1) is 19.8 Å². The predicted octanol–water partition coefficient (Wildman–Crippen LogP) is 3.06. The van der Waals surface area contributed by atoms with Crippen LogP contribution in [-0.2, 0) is 4.79 Å². The van der Waals surface area contributed by atoms with E-state index in [1.54, 1.807) is 12.7 Å². The maximum Gasteiger partial charge on any atom is 0.224 e. The maximum atomic E-state index is 12.3. The van der Waals surface area contributed by atoms with Crippen LogP contribution in [-0.4, -0.2) is 30.2 Å². The second-order valence-corrected chi connectivity index (χ2v) is 6.98. The number of anilines is 1. The Bertz CT molecular complexity index is 891. The van der Waals surface area contributed by atoms with Gasteiger partial charge in [-0.15, -0.1) is 10.2 Å². The molecule has 1 fully saturated rings. The number of carbonyl (C=O) groups excluding carboxylic acids is 1. The molecule has 0 bridgehead atoms. The zero-order valence-corrected chi connectivity index (χ0v) is 15.0. The normalized spacial score (nSPS) is 19.2. The molecule has 4 rings (SSSR count). The Balaban J connectivity index is 1.30. The van der Waals surface area contributed by atoms with Gasteiger partial charge in [-0.05, 0) is 56.9 Å². The third-order valence-electron chi connectivity index (χ3n) is 5.22. The number of amides is 1. The standard InChI is InChI=1S/C19H22N6O/c1-13-14(2)25(10-20-13)17-5-3-16(4-6-17)23-19(26)9-15-7-18(8-15)24-11-21-22-12-24/h3-6,10-12,15,18H,7-9H2,1-2H3,(H,23,26). The fraction of sp³-hybridized carbons (Fsp3) is 0.368. The van der Waals surface area contributed by atoms with Crippen LogP contribution in [0.4, 0.5) is 5.69 Å². The number of aromatic nitrogens is 5. The summed E-state index contributed by atoms with van der Waals surface area (Å²) in [6, 6.07) is 8.29. The van der Waals surface area contributed by atoms with E-state index in [1.807, 2.05) is 53.6 Å². The summed E-state index contributed by atoms with van der Waals surface area (Å²) < 4.78 is 4.06. The third-order valence-corrected chi connectivity index (χ3v) is 5.22. The summed E-state index contributed by atoms with van der Waals surface area (Å²) in [4.78, 5) is 16.6. The van der Waals surface area contributed by atoms with E-state index in [-0.39, 0.29) is 5.91 Å². The van der Waals surface area contributed by atoms with E-state index in [9.17, 15) is 4.79 Å². The maximum absolute atomic E-state index is 12.3. The van der Waals surface area contributed by atoms with Crippen molar-refractivity contribution in [1.29, 1.82) is 0 Å². The van der Waals surface area contributed by atoms with Crippen LogP contribution in [0.25, 0.3) is 5.69 Å². The van der Waals surface area contributed by atoms with E-state index in [2.05, 4.69) is 20.5 Å². The van der Waals surface area contributed by atoms with Crippen LogP contribution in [0.1, 0.15) is 36.7 Å². The molecule has 0 atom stereocenters.